The lowest BCUT2D eigenvalue weighted by molar-refractivity contribution is -0.112. The Labute approximate surface area is 150 Å². The van der Waals surface area contributed by atoms with Crippen LogP contribution in [0.3, 0.4) is 0 Å². The molecule has 0 bridgehead atoms. The molecule has 128 valence electrons. The first-order valence-corrected chi connectivity index (χ1v) is 7.61. The monoisotopic (exact) mass is 357 g/mol. The minimum atomic E-state index is -0.544. The number of benzene rings is 2. The van der Waals surface area contributed by atoms with E-state index in [0.29, 0.717) is 27.9 Å². The normalized spacial score (nSPS) is 10.6. The van der Waals surface area contributed by atoms with Crippen molar-refractivity contribution in [1.29, 1.82) is 5.26 Å². The predicted octanol–water partition coefficient (Wildman–Crippen LogP) is 3.82. The minimum absolute atomic E-state index is 0.0882. The molecule has 2 aromatic carbocycles. The molecule has 1 amide bonds. The van der Waals surface area contributed by atoms with Crippen LogP contribution in [0.1, 0.15) is 0 Å². The molecule has 2 N–H and O–H groups in total. The van der Waals surface area contributed by atoms with Gasteiger partial charge in [0, 0.05) is 28.7 Å². The summed E-state index contributed by atoms with van der Waals surface area (Å²) in [7, 11) is 3.06. The van der Waals surface area contributed by atoms with Crippen LogP contribution in [0.15, 0.2) is 54.2 Å². The van der Waals surface area contributed by atoms with Gasteiger partial charge < -0.3 is 20.1 Å². The van der Waals surface area contributed by atoms with E-state index in [4.69, 9.17) is 21.1 Å². The topological polar surface area (TPSA) is 83.4 Å². The summed E-state index contributed by atoms with van der Waals surface area (Å²) >= 11 is 5.87. The Hall–Kier alpha value is -3.17. The minimum Gasteiger partial charge on any atom is -0.493 e. The molecule has 0 aliphatic heterocycles. The van der Waals surface area contributed by atoms with Gasteiger partial charge in [0.1, 0.15) is 11.6 Å². The summed E-state index contributed by atoms with van der Waals surface area (Å²) in [5, 5.41) is 15.2. The molecule has 0 saturated heterocycles. The van der Waals surface area contributed by atoms with Crippen molar-refractivity contribution in [1.82, 2.24) is 0 Å². The highest BCUT2D eigenvalue weighted by Crippen LogP contribution is 2.29. The molecule has 0 atom stereocenters. The van der Waals surface area contributed by atoms with Crippen LogP contribution in [0.4, 0.5) is 11.4 Å². The van der Waals surface area contributed by atoms with Crippen LogP contribution in [0.25, 0.3) is 0 Å². The number of hydrogen-bond acceptors (Lipinski definition) is 5. The lowest BCUT2D eigenvalue weighted by Crippen LogP contribution is -2.14. The molecule has 0 aliphatic rings. The van der Waals surface area contributed by atoms with Crippen molar-refractivity contribution >= 4 is 28.9 Å². The second-order valence-corrected chi connectivity index (χ2v) is 5.28. The second-order valence-electron chi connectivity index (χ2n) is 4.85. The highest BCUT2D eigenvalue weighted by molar-refractivity contribution is 6.31. The molecule has 0 aromatic heterocycles. The molecule has 0 spiro atoms. The van der Waals surface area contributed by atoms with Crippen LogP contribution in [-0.2, 0) is 4.79 Å². The van der Waals surface area contributed by atoms with Crippen molar-refractivity contribution in [2.45, 2.75) is 0 Å². The predicted molar refractivity (Wildman–Crippen MR) is 96.9 cm³/mol. The number of carbonyl (C=O) groups is 1. The van der Waals surface area contributed by atoms with E-state index in [1.165, 1.54) is 13.3 Å². The molecule has 7 heteroatoms. The van der Waals surface area contributed by atoms with Gasteiger partial charge in [0.2, 0.25) is 0 Å². The van der Waals surface area contributed by atoms with E-state index < -0.39 is 5.91 Å². The second kappa shape index (κ2) is 8.62. The van der Waals surface area contributed by atoms with E-state index in [1.807, 2.05) is 6.07 Å². The molecule has 2 rings (SSSR count). The fourth-order valence-corrected chi connectivity index (χ4v) is 2.19. The van der Waals surface area contributed by atoms with Gasteiger partial charge in [-0.2, -0.15) is 5.26 Å². The summed E-state index contributed by atoms with van der Waals surface area (Å²) in [5.74, 6) is 0.566. The number of hydrogen-bond donors (Lipinski definition) is 2. The van der Waals surface area contributed by atoms with Crippen molar-refractivity contribution < 1.29 is 14.3 Å². The Morgan fingerprint density at radius 1 is 1.12 bits per heavy atom. The van der Waals surface area contributed by atoms with Gasteiger partial charge in [-0.15, -0.1) is 0 Å². The summed E-state index contributed by atoms with van der Waals surface area (Å²) in [6.07, 6.45) is 1.32. The van der Waals surface area contributed by atoms with Gasteiger partial charge in [0.25, 0.3) is 5.91 Å². The SMILES string of the molecule is COc1ccc(N/C=C(/C#N)C(=O)Nc2cccc(Cl)c2)cc1OC. The Kier molecular flexibility index (Phi) is 6.26. The van der Waals surface area contributed by atoms with Gasteiger partial charge in [-0.05, 0) is 30.3 Å². The number of anilines is 2. The Morgan fingerprint density at radius 3 is 2.52 bits per heavy atom. The maximum atomic E-state index is 12.2. The number of methoxy groups -OCH3 is 2. The average molecular weight is 358 g/mol. The number of carbonyl (C=O) groups excluding carboxylic acids is 1. The maximum absolute atomic E-state index is 12.2. The Morgan fingerprint density at radius 2 is 1.88 bits per heavy atom. The zero-order chi connectivity index (χ0) is 18.2. The zero-order valence-electron chi connectivity index (χ0n) is 13.7. The van der Waals surface area contributed by atoms with Gasteiger partial charge in [-0.3, -0.25) is 4.79 Å². The maximum Gasteiger partial charge on any atom is 0.267 e. The fraction of sp³-hybridized carbons (Fsp3) is 0.111. The molecule has 0 fully saturated rings. The van der Waals surface area contributed by atoms with Crippen molar-refractivity contribution in [3.8, 4) is 17.6 Å². The highest BCUT2D eigenvalue weighted by Gasteiger charge is 2.10. The third-order valence-corrected chi connectivity index (χ3v) is 3.45. The quantitative estimate of drug-likeness (QED) is 0.606. The van der Waals surface area contributed by atoms with E-state index in [2.05, 4.69) is 10.6 Å². The van der Waals surface area contributed by atoms with Gasteiger partial charge >= 0.3 is 0 Å². The standard InChI is InChI=1S/C18H16ClN3O3/c1-24-16-7-6-14(9-17(16)25-2)21-11-12(10-20)18(23)22-15-5-3-4-13(19)8-15/h3-9,11,21H,1-2H3,(H,22,23)/b12-11-. The number of nitrogens with one attached hydrogen (secondary N) is 2. The highest BCUT2D eigenvalue weighted by atomic mass is 35.5. The van der Waals surface area contributed by atoms with E-state index in [9.17, 15) is 10.1 Å². The van der Waals surface area contributed by atoms with Crippen molar-refractivity contribution in [2.75, 3.05) is 24.9 Å². The van der Waals surface area contributed by atoms with Crippen LogP contribution in [0.2, 0.25) is 5.02 Å². The van der Waals surface area contributed by atoms with Crippen LogP contribution in [0.5, 0.6) is 11.5 Å². The van der Waals surface area contributed by atoms with E-state index in [1.54, 1.807) is 49.6 Å². The lowest BCUT2D eigenvalue weighted by atomic mass is 10.2. The molecule has 25 heavy (non-hydrogen) atoms. The number of nitriles is 1. The average Bonchev–Trinajstić information content (AvgIpc) is 2.62. The molecular weight excluding hydrogens is 342 g/mol. The summed E-state index contributed by atoms with van der Waals surface area (Å²) in [6.45, 7) is 0. The molecule has 0 saturated carbocycles. The van der Waals surface area contributed by atoms with Crippen molar-refractivity contribution in [2.24, 2.45) is 0 Å². The van der Waals surface area contributed by atoms with Crippen LogP contribution in [0, 0.1) is 11.3 Å². The number of nitrogens with zero attached hydrogens (tertiary/aromatic N) is 1. The third kappa shape index (κ3) is 4.90. The summed E-state index contributed by atoms with van der Waals surface area (Å²) in [4.78, 5) is 12.2. The van der Waals surface area contributed by atoms with Gasteiger partial charge in [-0.25, -0.2) is 0 Å². The van der Waals surface area contributed by atoms with Crippen LogP contribution >= 0.6 is 11.6 Å². The van der Waals surface area contributed by atoms with Gasteiger partial charge in [0.15, 0.2) is 11.5 Å². The summed E-state index contributed by atoms with van der Waals surface area (Å²) in [5.41, 5.74) is 1.06. The molecular formula is C18H16ClN3O3. The molecule has 0 radical (unpaired) electrons. The first-order chi connectivity index (χ1) is 12.1. The number of halogens is 1. The van der Waals surface area contributed by atoms with E-state index in [0.717, 1.165) is 0 Å². The van der Waals surface area contributed by atoms with E-state index in [-0.39, 0.29) is 5.57 Å². The van der Waals surface area contributed by atoms with Gasteiger partial charge in [-0.1, -0.05) is 17.7 Å². The Bertz CT molecular complexity index is 844. The summed E-state index contributed by atoms with van der Waals surface area (Å²) in [6, 6.07) is 13.7. The number of ether oxygens (including phenoxy) is 2. The molecule has 0 heterocycles. The lowest BCUT2D eigenvalue weighted by Gasteiger charge is -2.10. The first-order valence-electron chi connectivity index (χ1n) is 7.23. The fourth-order valence-electron chi connectivity index (χ4n) is 1.99. The smallest absolute Gasteiger partial charge is 0.267 e. The number of rotatable bonds is 6. The van der Waals surface area contributed by atoms with Crippen molar-refractivity contribution in [3.05, 3.63) is 59.3 Å². The zero-order valence-corrected chi connectivity index (χ0v) is 14.4. The number of amides is 1. The first kappa shape index (κ1) is 18.2. The third-order valence-electron chi connectivity index (χ3n) is 3.21. The van der Waals surface area contributed by atoms with Crippen molar-refractivity contribution in [3.63, 3.8) is 0 Å². The van der Waals surface area contributed by atoms with E-state index >= 15 is 0 Å². The van der Waals surface area contributed by atoms with Gasteiger partial charge in [0.05, 0.1) is 14.2 Å². The molecule has 0 aliphatic carbocycles. The van der Waals surface area contributed by atoms with Crippen LogP contribution < -0.4 is 20.1 Å². The summed E-state index contributed by atoms with van der Waals surface area (Å²) < 4.78 is 10.4. The Balaban J connectivity index is 2.12. The molecule has 2 aromatic rings. The van der Waals surface area contributed by atoms with Crippen LogP contribution in [-0.4, -0.2) is 20.1 Å². The molecule has 0 unspecified atom stereocenters. The largest absolute Gasteiger partial charge is 0.493 e. The molecule has 6 nitrogen and oxygen atoms in total.